The van der Waals surface area contributed by atoms with Gasteiger partial charge in [-0.25, -0.2) is 0 Å². The molecule has 0 bridgehead atoms. The predicted molar refractivity (Wildman–Crippen MR) is 109 cm³/mol. The van der Waals surface area contributed by atoms with Crippen molar-refractivity contribution in [1.82, 2.24) is 9.78 Å². The van der Waals surface area contributed by atoms with E-state index in [-0.39, 0.29) is 11.5 Å². The van der Waals surface area contributed by atoms with Gasteiger partial charge in [0.1, 0.15) is 5.54 Å². The maximum atomic E-state index is 4.97. The molecule has 1 aliphatic heterocycles. The average molecular weight is 350 g/mol. The normalized spacial score (nSPS) is 20.7. The summed E-state index contributed by atoms with van der Waals surface area (Å²) in [6.07, 6.45) is 0. The summed E-state index contributed by atoms with van der Waals surface area (Å²) in [6.45, 7) is 4.38. The maximum Gasteiger partial charge on any atom is 0.110 e. The molecule has 2 heteroatoms. The fourth-order valence-electron chi connectivity index (χ4n) is 4.59. The van der Waals surface area contributed by atoms with Crippen LogP contribution < -0.4 is 0 Å². The van der Waals surface area contributed by atoms with E-state index in [0.717, 1.165) is 5.69 Å². The summed E-state index contributed by atoms with van der Waals surface area (Å²) in [6, 6.07) is 32.6. The van der Waals surface area contributed by atoms with Gasteiger partial charge < -0.3 is 0 Å². The number of aryl methyl sites for hydroxylation is 1. The topological polar surface area (TPSA) is 17.8 Å². The molecular weight excluding hydrogens is 328 g/mol. The van der Waals surface area contributed by atoms with Crippen molar-refractivity contribution in [3.05, 3.63) is 125 Å². The number of hydrogen-bond acceptors (Lipinski definition) is 1. The lowest BCUT2D eigenvalue weighted by atomic mass is 9.73. The van der Waals surface area contributed by atoms with Gasteiger partial charge in [-0.3, -0.25) is 4.68 Å². The van der Waals surface area contributed by atoms with Crippen LogP contribution in [0, 0.1) is 6.92 Å². The van der Waals surface area contributed by atoms with E-state index in [0.29, 0.717) is 0 Å². The van der Waals surface area contributed by atoms with Crippen LogP contribution in [-0.2, 0) is 5.54 Å². The zero-order valence-corrected chi connectivity index (χ0v) is 15.6. The highest BCUT2D eigenvalue weighted by Crippen LogP contribution is 2.47. The summed E-state index contributed by atoms with van der Waals surface area (Å²) in [5, 5.41) is 4.97. The Morgan fingerprint density at radius 1 is 0.815 bits per heavy atom. The molecule has 132 valence electrons. The van der Waals surface area contributed by atoms with Crippen LogP contribution in [0.15, 0.2) is 91.0 Å². The van der Waals surface area contributed by atoms with Gasteiger partial charge in [0.25, 0.3) is 0 Å². The third kappa shape index (κ3) is 2.30. The van der Waals surface area contributed by atoms with E-state index in [1.807, 2.05) is 0 Å². The molecule has 1 aromatic heterocycles. The molecule has 2 heterocycles. The highest BCUT2D eigenvalue weighted by Gasteiger charge is 2.42. The van der Waals surface area contributed by atoms with Crippen molar-refractivity contribution in [3.63, 3.8) is 0 Å². The second kappa shape index (κ2) is 5.95. The molecule has 2 nitrogen and oxygen atoms in total. The molecule has 27 heavy (non-hydrogen) atoms. The lowest BCUT2D eigenvalue weighted by Gasteiger charge is -2.41. The van der Waals surface area contributed by atoms with Crippen LogP contribution in [0.1, 0.15) is 46.5 Å². The number of fused-ring (bicyclic) bond motifs is 2. The van der Waals surface area contributed by atoms with Crippen LogP contribution in [0.4, 0.5) is 0 Å². The highest BCUT2D eigenvalue weighted by molar-refractivity contribution is 5.54. The molecule has 0 fully saturated rings. The molecular formula is C25H22N2. The van der Waals surface area contributed by atoms with Gasteiger partial charge in [-0.05, 0) is 42.2 Å². The summed E-state index contributed by atoms with van der Waals surface area (Å²) >= 11 is 0. The lowest BCUT2D eigenvalue weighted by Crippen LogP contribution is -2.40. The van der Waals surface area contributed by atoms with E-state index in [9.17, 15) is 0 Å². The molecule has 3 aromatic carbocycles. The van der Waals surface area contributed by atoms with E-state index < -0.39 is 0 Å². The van der Waals surface area contributed by atoms with Crippen molar-refractivity contribution in [2.75, 3.05) is 0 Å². The largest absolute Gasteiger partial charge is 0.254 e. The molecule has 0 aliphatic carbocycles. The zero-order valence-electron chi connectivity index (χ0n) is 15.6. The minimum atomic E-state index is -0.327. The number of benzene rings is 3. The number of aromatic nitrogens is 2. The van der Waals surface area contributed by atoms with Crippen molar-refractivity contribution in [2.45, 2.75) is 25.3 Å². The molecule has 1 aliphatic rings. The first kappa shape index (κ1) is 16.1. The number of nitrogens with zero attached hydrogens (tertiary/aromatic N) is 2. The third-order valence-corrected chi connectivity index (χ3v) is 5.84. The molecule has 2 unspecified atom stereocenters. The molecule has 0 radical (unpaired) electrons. The maximum absolute atomic E-state index is 4.97. The van der Waals surface area contributed by atoms with Gasteiger partial charge in [0, 0.05) is 0 Å². The number of rotatable bonds is 2. The third-order valence-electron chi connectivity index (χ3n) is 5.84. The molecule has 0 saturated heterocycles. The molecule has 4 aromatic rings. The monoisotopic (exact) mass is 350 g/mol. The molecule has 0 spiro atoms. The molecule has 0 saturated carbocycles. The van der Waals surface area contributed by atoms with Crippen LogP contribution in [0.3, 0.4) is 0 Å². The van der Waals surface area contributed by atoms with Gasteiger partial charge in [0.2, 0.25) is 0 Å². The number of hydrogen-bond donors (Lipinski definition) is 0. The summed E-state index contributed by atoms with van der Waals surface area (Å²) in [5.41, 5.74) is 7.23. The van der Waals surface area contributed by atoms with Crippen LogP contribution in [0.5, 0.6) is 0 Å². The fraction of sp³-hybridized carbons (Fsp3) is 0.160. The summed E-state index contributed by atoms with van der Waals surface area (Å²) in [5.74, 6) is 0.195. The Balaban J connectivity index is 1.86. The second-order valence-electron chi connectivity index (χ2n) is 7.49. The average Bonchev–Trinajstić information content (AvgIpc) is 3.11. The summed E-state index contributed by atoms with van der Waals surface area (Å²) < 4.78 is 2.25. The van der Waals surface area contributed by atoms with Crippen molar-refractivity contribution in [3.8, 4) is 0 Å². The first-order chi connectivity index (χ1) is 13.2. The molecule has 0 N–H and O–H groups in total. The first-order valence-corrected chi connectivity index (χ1v) is 9.46. The van der Waals surface area contributed by atoms with Gasteiger partial charge >= 0.3 is 0 Å². The van der Waals surface area contributed by atoms with Crippen LogP contribution in [-0.4, -0.2) is 9.78 Å². The van der Waals surface area contributed by atoms with Gasteiger partial charge in [0.05, 0.1) is 17.3 Å². The van der Waals surface area contributed by atoms with Gasteiger partial charge in [0.15, 0.2) is 0 Å². The highest BCUT2D eigenvalue weighted by atomic mass is 15.3. The minimum absolute atomic E-state index is 0.195. The van der Waals surface area contributed by atoms with E-state index in [1.165, 1.54) is 27.9 Å². The first-order valence-electron chi connectivity index (χ1n) is 9.46. The quantitative estimate of drug-likeness (QED) is 0.467. The summed E-state index contributed by atoms with van der Waals surface area (Å²) in [7, 11) is 0. The van der Waals surface area contributed by atoms with Crippen molar-refractivity contribution in [2.24, 2.45) is 0 Å². The zero-order chi connectivity index (χ0) is 18.4. The molecule has 5 rings (SSSR count). The fourth-order valence-corrected chi connectivity index (χ4v) is 4.59. The Hall–Kier alpha value is -3.13. The van der Waals surface area contributed by atoms with E-state index in [1.54, 1.807) is 0 Å². The Morgan fingerprint density at radius 3 is 2.19 bits per heavy atom. The van der Waals surface area contributed by atoms with Gasteiger partial charge in [-0.1, -0.05) is 84.9 Å². The summed E-state index contributed by atoms with van der Waals surface area (Å²) in [4.78, 5) is 0. The Labute approximate surface area is 160 Å². The van der Waals surface area contributed by atoms with Crippen molar-refractivity contribution in [1.29, 1.82) is 0 Å². The van der Waals surface area contributed by atoms with E-state index in [4.69, 9.17) is 5.10 Å². The van der Waals surface area contributed by atoms with Gasteiger partial charge in [-0.15, -0.1) is 0 Å². The molecule has 0 amide bonds. The van der Waals surface area contributed by atoms with Crippen LogP contribution in [0.2, 0.25) is 0 Å². The van der Waals surface area contributed by atoms with Crippen molar-refractivity contribution >= 4 is 0 Å². The van der Waals surface area contributed by atoms with E-state index >= 15 is 0 Å². The minimum Gasteiger partial charge on any atom is -0.254 e. The van der Waals surface area contributed by atoms with Crippen LogP contribution >= 0.6 is 0 Å². The Kier molecular flexibility index (Phi) is 3.54. The Morgan fingerprint density at radius 2 is 1.44 bits per heavy atom. The Bertz CT molecular complexity index is 1100. The van der Waals surface area contributed by atoms with Gasteiger partial charge in [-0.2, -0.15) is 5.10 Å². The van der Waals surface area contributed by atoms with Crippen molar-refractivity contribution < 1.29 is 0 Å². The van der Waals surface area contributed by atoms with E-state index in [2.05, 4.69) is 110 Å². The standard InChI is InChI=1S/C25H22N2/c1-18-17-23-24(19-11-5-3-6-12-19)21-15-9-10-16-22(21)25(2,27(23)26-18)20-13-7-4-8-14-20/h3-17,24H,1-2H3. The molecule has 2 atom stereocenters. The SMILES string of the molecule is Cc1cc2n(n1)C(C)(c1ccccc1)c1ccccc1C2c1ccccc1. The predicted octanol–water partition coefficient (Wildman–Crippen LogP) is 5.50. The smallest absolute Gasteiger partial charge is 0.110 e. The second-order valence-corrected chi connectivity index (χ2v) is 7.49. The lowest BCUT2D eigenvalue weighted by molar-refractivity contribution is 0.386. The van der Waals surface area contributed by atoms with Crippen LogP contribution in [0.25, 0.3) is 0 Å².